The van der Waals surface area contributed by atoms with Gasteiger partial charge < -0.3 is 10.1 Å². The third-order valence-corrected chi connectivity index (χ3v) is 7.50. The molecule has 1 aromatic heterocycles. The number of methoxy groups -OCH3 is 1. The van der Waals surface area contributed by atoms with Gasteiger partial charge in [0.25, 0.3) is 5.91 Å². The van der Waals surface area contributed by atoms with E-state index in [2.05, 4.69) is 5.32 Å². The minimum atomic E-state index is -0.207. The molecule has 1 atom stereocenters. The zero-order valence-electron chi connectivity index (χ0n) is 22.8. The van der Waals surface area contributed by atoms with Gasteiger partial charge in [-0.15, -0.1) is 0 Å². The zero-order chi connectivity index (χ0) is 27.5. The minimum Gasteiger partial charge on any atom is -0.497 e. The van der Waals surface area contributed by atoms with Crippen LogP contribution < -0.4 is 10.1 Å². The second kappa shape index (κ2) is 11.1. The predicted molar refractivity (Wildman–Crippen MR) is 154 cm³/mol. The average Bonchev–Trinajstić information content (AvgIpc) is 3.36. The summed E-state index contributed by atoms with van der Waals surface area (Å²) in [7, 11) is 1.61. The Morgan fingerprint density at radius 1 is 0.897 bits per heavy atom. The van der Waals surface area contributed by atoms with Crippen molar-refractivity contribution in [1.29, 1.82) is 0 Å². The maximum absolute atomic E-state index is 14.2. The summed E-state index contributed by atoms with van der Waals surface area (Å²) in [4.78, 5) is 27.1. The largest absolute Gasteiger partial charge is 0.497 e. The molecule has 2 heterocycles. The lowest BCUT2D eigenvalue weighted by Crippen LogP contribution is -2.35. The molecule has 1 amide bonds. The number of hydrogen-bond donors (Lipinski definition) is 1. The highest BCUT2D eigenvalue weighted by Gasteiger charge is 2.33. The molecule has 6 nitrogen and oxygen atoms in total. The van der Waals surface area contributed by atoms with E-state index in [9.17, 15) is 9.59 Å². The number of rotatable bonds is 8. The fourth-order valence-corrected chi connectivity index (χ4v) is 4.93. The first-order chi connectivity index (χ1) is 18.9. The van der Waals surface area contributed by atoms with Crippen molar-refractivity contribution in [3.05, 3.63) is 102 Å². The molecule has 1 aliphatic rings. The summed E-state index contributed by atoms with van der Waals surface area (Å²) in [5.41, 5.74) is 6.64. The van der Waals surface area contributed by atoms with E-state index in [1.807, 2.05) is 106 Å². The van der Waals surface area contributed by atoms with E-state index in [4.69, 9.17) is 9.84 Å². The first kappa shape index (κ1) is 26.2. The van der Waals surface area contributed by atoms with Gasteiger partial charge in [0.05, 0.1) is 18.4 Å². The fourth-order valence-electron chi connectivity index (χ4n) is 4.93. The number of hydrogen-bond acceptors (Lipinski definition) is 4. The molecule has 198 valence electrons. The van der Waals surface area contributed by atoms with Crippen molar-refractivity contribution in [3.63, 3.8) is 0 Å². The molecule has 1 aliphatic heterocycles. The summed E-state index contributed by atoms with van der Waals surface area (Å²) < 4.78 is 6.88. The highest BCUT2D eigenvalue weighted by Crippen LogP contribution is 2.39. The van der Waals surface area contributed by atoms with Gasteiger partial charge in [-0.3, -0.25) is 9.59 Å². The second-order valence-corrected chi connectivity index (χ2v) is 10.3. The molecule has 5 rings (SSSR count). The molecule has 0 radical (unpaired) electrons. The quantitative estimate of drug-likeness (QED) is 0.297. The van der Waals surface area contributed by atoms with Gasteiger partial charge in [0.2, 0.25) is 5.91 Å². The van der Waals surface area contributed by atoms with Gasteiger partial charge in [0.1, 0.15) is 11.4 Å². The molecule has 0 saturated heterocycles. The SMILES string of the molecule is COc1ccc(C2=C(CNC(=O)[C@@H](C)C(C)C)Cc3c(-c4ccccc4)c(-c4ccccc4)nn3C2=O)cc1. The summed E-state index contributed by atoms with van der Waals surface area (Å²) in [6, 6.07) is 27.4. The molecule has 0 bridgehead atoms. The number of benzene rings is 3. The van der Waals surface area contributed by atoms with E-state index in [1.165, 1.54) is 0 Å². The van der Waals surface area contributed by atoms with Crippen LogP contribution in [0.15, 0.2) is 90.5 Å². The first-order valence-electron chi connectivity index (χ1n) is 13.3. The molecular weight excluding hydrogens is 486 g/mol. The van der Waals surface area contributed by atoms with E-state index in [1.54, 1.807) is 11.8 Å². The topological polar surface area (TPSA) is 73.2 Å². The Morgan fingerprint density at radius 2 is 1.51 bits per heavy atom. The Hall–Kier alpha value is -4.45. The minimum absolute atomic E-state index is 0.0219. The van der Waals surface area contributed by atoms with Crippen LogP contribution in [-0.2, 0) is 11.2 Å². The Labute approximate surface area is 229 Å². The third kappa shape index (κ3) is 5.15. The molecule has 1 N–H and O–H groups in total. The number of allylic oxidation sites excluding steroid dienone is 1. The summed E-state index contributed by atoms with van der Waals surface area (Å²) in [5, 5.41) is 7.99. The van der Waals surface area contributed by atoms with Crippen molar-refractivity contribution in [1.82, 2.24) is 15.1 Å². The van der Waals surface area contributed by atoms with Crippen molar-refractivity contribution in [2.24, 2.45) is 11.8 Å². The molecule has 0 spiro atoms. The predicted octanol–water partition coefficient (Wildman–Crippen LogP) is 6.28. The van der Waals surface area contributed by atoms with Crippen LogP contribution in [-0.4, -0.2) is 35.2 Å². The van der Waals surface area contributed by atoms with Crippen molar-refractivity contribution >= 4 is 17.4 Å². The molecular formula is C33H33N3O3. The van der Waals surface area contributed by atoms with Crippen molar-refractivity contribution in [3.8, 4) is 28.1 Å². The summed E-state index contributed by atoms with van der Waals surface area (Å²) in [6.07, 6.45) is 0.480. The Bertz CT molecular complexity index is 1520. The summed E-state index contributed by atoms with van der Waals surface area (Å²) >= 11 is 0. The normalized spacial score (nSPS) is 13.8. The highest BCUT2D eigenvalue weighted by atomic mass is 16.5. The van der Waals surface area contributed by atoms with E-state index in [0.717, 1.165) is 39.2 Å². The molecule has 39 heavy (non-hydrogen) atoms. The number of carbonyl (C=O) groups is 2. The molecule has 0 saturated carbocycles. The van der Waals surface area contributed by atoms with Crippen LogP contribution in [0.2, 0.25) is 0 Å². The lowest BCUT2D eigenvalue weighted by atomic mass is 9.89. The van der Waals surface area contributed by atoms with Crippen LogP contribution in [0.3, 0.4) is 0 Å². The van der Waals surface area contributed by atoms with Crippen LogP contribution in [0.5, 0.6) is 5.75 Å². The van der Waals surface area contributed by atoms with Crippen LogP contribution in [0.25, 0.3) is 28.0 Å². The maximum atomic E-state index is 14.2. The molecule has 0 unspecified atom stereocenters. The Kier molecular flexibility index (Phi) is 7.46. The Balaban J connectivity index is 1.65. The summed E-state index contributed by atoms with van der Waals surface area (Å²) in [6.45, 7) is 6.28. The van der Waals surface area contributed by atoms with E-state index >= 15 is 0 Å². The molecule has 3 aromatic carbocycles. The van der Waals surface area contributed by atoms with Gasteiger partial charge in [0.15, 0.2) is 0 Å². The lowest BCUT2D eigenvalue weighted by Gasteiger charge is -2.23. The standard InChI is InChI=1S/C33H33N3O3/c1-21(2)22(3)32(37)34-20-26-19-28-30(23-11-7-5-8-12-23)31(25-13-9-6-10-14-25)35-36(28)33(38)29(26)24-15-17-27(39-4)18-16-24/h5-18,21-22H,19-20H2,1-4H3,(H,34,37)/t22-/m0/s1. The highest BCUT2D eigenvalue weighted by molar-refractivity contribution is 6.23. The van der Waals surface area contributed by atoms with Gasteiger partial charge in [-0.05, 0) is 34.8 Å². The average molecular weight is 520 g/mol. The van der Waals surface area contributed by atoms with Crippen molar-refractivity contribution in [2.45, 2.75) is 27.2 Å². The zero-order valence-corrected chi connectivity index (χ0v) is 22.8. The number of amides is 1. The summed E-state index contributed by atoms with van der Waals surface area (Å²) in [5.74, 6) is 0.561. The van der Waals surface area contributed by atoms with Crippen LogP contribution >= 0.6 is 0 Å². The van der Waals surface area contributed by atoms with Gasteiger partial charge in [0, 0.05) is 30.0 Å². The van der Waals surface area contributed by atoms with Gasteiger partial charge in [-0.2, -0.15) is 9.78 Å². The molecule has 0 aliphatic carbocycles. The molecule has 4 aromatic rings. The number of carbonyl (C=O) groups excluding carboxylic acids is 2. The van der Waals surface area contributed by atoms with Crippen LogP contribution in [0, 0.1) is 11.8 Å². The number of nitrogens with one attached hydrogen (secondary N) is 1. The lowest BCUT2D eigenvalue weighted by molar-refractivity contribution is -0.125. The van der Waals surface area contributed by atoms with Crippen LogP contribution in [0.1, 0.15) is 36.8 Å². The fraction of sp³-hybridized carbons (Fsp3) is 0.242. The number of fused-ring (bicyclic) bond motifs is 1. The van der Waals surface area contributed by atoms with Crippen molar-refractivity contribution < 1.29 is 14.3 Å². The smallest absolute Gasteiger partial charge is 0.279 e. The number of ether oxygens (including phenoxy) is 1. The molecule has 6 heteroatoms. The van der Waals surface area contributed by atoms with Gasteiger partial charge >= 0.3 is 0 Å². The maximum Gasteiger partial charge on any atom is 0.279 e. The number of aromatic nitrogens is 2. The van der Waals surface area contributed by atoms with Gasteiger partial charge in [-0.1, -0.05) is 93.6 Å². The first-order valence-corrected chi connectivity index (χ1v) is 13.3. The monoisotopic (exact) mass is 519 g/mol. The Morgan fingerprint density at radius 3 is 2.10 bits per heavy atom. The molecule has 0 fully saturated rings. The second-order valence-electron chi connectivity index (χ2n) is 10.3. The van der Waals surface area contributed by atoms with Gasteiger partial charge in [-0.25, -0.2) is 0 Å². The van der Waals surface area contributed by atoms with Crippen LogP contribution in [0.4, 0.5) is 0 Å². The van der Waals surface area contributed by atoms with E-state index < -0.39 is 0 Å². The number of nitrogens with zero attached hydrogens (tertiary/aromatic N) is 2. The van der Waals surface area contributed by atoms with E-state index in [-0.39, 0.29) is 30.2 Å². The van der Waals surface area contributed by atoms with E-state index in [0.29, 0.717) is 17.7 Å². The van der Waals surface area contributed by atoms with Crippen molar-refractivity contribution in [2.75, 3.05) is 13.7 Å². The third-order valence-electron chi connectivity index (χ3n) is 7.50.